The molecule has 2 aromatic rings. The Kier molecular flexibility index (Phi) is 4.86. The first-order chi connectivity index (χ1) is 10.2. The van der Waals surface area contributed by atoms with Gasteiger partial charge in [0.25, 0.3) is 0 Å². The molecule has 0 aliphatic heterocycles. The van der Waals surface area contributed by atoms with Gasteiger partial charge in [-0.3, -0.25) is 0 Å². The second kappa shape index (κ2) is 6.33. The van der Waals surface area contributed by atoms with E-state index in [1.807, 2.05) is 0 Å². The van der Waals surface area contributed by atoms with Crippen molar-refractivity contribution in [2.75, 3.05) is 0 Å². The largest absolute Gasteiger partial charge is 0.433 e. The summed E-state index contributed by atoms with van der Waals surface area (Å²) in [6.07, 6.45) is -5.07. The van der Waals surface area contributed by atoms with Gasteiger partial charge in [-0.1, -0.05) is 40.9 Å². The monoisotopic (exact) mass is 364 g/mol. The van der Waals surface area contributed by atoms with Gasteiger partial charge in [-0.2, -0.15) is 18.4 Å². The molecule has 0 saturated heterocycles. The van der Waals surface area contributed by atoms with E-state index in [0.29, 0.717) is 0 Å². The molecule has 0 fully saturated rings. The smallest absolute Gasteiger partial charge is 0.243 e. The molecule has 0 unspecified atom stereocenters. The van der Waals surface area contributed by atoms with E-state index in [1.165, 1.54) is 24.3 Å². The molecule has 0 saturated carbocycles. The number of alkyl halides is 3. The van der Waals surface area contributed by atoms with Crippen molar-refractivity contribution in [3.05, 3.63) is 50.6 Å². The Morgan fingerprint density at radius 1 is 1.05 bits per heavy atom. The van der Waals surface area contributed by atoms with Crippen LogP contribution in [0.5, 0.6) is 0 Å². The SMILES string of the molecule is N#CCc1ccc(-c2cc(Cl)c(Cl)cc2Cl)nc1C(F)(F)F. The van der Waals surface area contributed by atoms with Gasteiger partial charge in [0.05, 0.1) is 33.3 Å². The molecule has 8 heteroatoms. The van der Waals surface area contributed by atoms with Crippen LogP contribution in [0.1, 0.15) is 11.3 Å². The van der Waals surface area contributed by atoms with Crippen LogP contribution in [0.2, 0.25) is 15.1 Å². The fourth-order valence-corrected chi connectivity index (χ4v) is 2.47. The maximum atomic E-state index is 13.1. The molecule has 0 atom stereocenters. The summed E-state index contributed by atoms with van der Waals surface area (Å²) in [5, 5.41) is 9.07. The fraction of sp³-hybridized carbons (Fsp3) is 0.143. The number of nitriles is 1. The van der Waals surface area contributed by atoms with Crippen LogP contribution in [0.4, 0.5) is 13.2 Å². The van der Waals surface area contributed by atoms with E-state index in [-0.39, 0.29) is 31.9 Å². The fourth-order valence-electron chi connectivity index (χ4n) is 1.83. The van der Waals surface area contributed by atoms with Gasteiger partial charge in [-0.15, -0.1) is 0 Å². The van der Waals surface area contributed by atoms with Gasteiger partial charge in [0.1, 0.15) is 5.69 Å². The van der Waals surface area contributed by atoms with Gasteiger partial charge < -0.3 is 0 Å². The van der Waals surface area contributed by atoms with Crippen molar-refractivity contribution in [2.45, 2.75) is 12.6 Å². The second-order valence-electron chi connectivity index (χ2n) is 4.28. The molecule has 22 heavy (non-hydrogen) atoms. The zero-order chi connectivity index (χ0) is 16.5. The minimum absolute atomic E-state index is 0.00224. The van der Waals surface area contributed by atoms with Gasteiger partial charge in [0, 0.05) is 5.56 Å². The van der Waals surface area contributed by atoms with E-state index in [0.717, 1.165) is 0 Å². The van der Waals surface area contributed by atoms with Crippen molar-refractivity contribution < 1.29 is 13.2 Å². The summed E-state index contributed by atoms with van der Waals surface area (Å²) in [5.41, 5.74) is -1.09. The molecule has 1 aromatic heterocycles. The summed E-state index contributed by atoms with van der Waals surface area (Å²) < 4.78 is 39.2. The second-order valence-corrected chi connectivity index (χ2v) is 5.50. The predicted molar refractivity (Wildman–Crippen MR) is 79.0 cm³/mol. The standard InChI is InChI=1S/C14H6Cl3F3N2/c15-9-6-11(17)10(16)5-8(9)12-2-1-7(3-4-21)13(22-12)14(18,19)20/h1-2,5-6H,3H2. The molecule has 2 rings (SSSR count). The number of hydrogen-bond acceptors (Lipinski definition) is 2. The van der Waals surface area contributed by atoms with E-state index < -0.39 is 18.3 Å². The zero-order valence-corrected chi connectivity index (χ0v) is 12.9. The van der Waals surface area contributed by atoms with Crippen LogP contribution in [-0.4, -0.2) is 4.98 Å². The van der Waals surface area contributed by atoms with Crippen LogP contribution in [0.3, 0.4) is 0 Å². The molecule has 0 aliphatic rings. The highest BCUT2D eigenvalue weighted by Gasteiger charge is 2.35. The third-order valence-corrected chi connectivity index (χ3v) is 3.84. The molecule has 2 nitrogen and oxygen atoms in total. The lowest BCUT2D eigenvalue weighted by atomic mass is 10.1. The quantitative estimate of drug-likeness (QED) is 0.631. The highest BCUT2D eigenvalue weighted by atomic mass is 35.5. The predicted octanol–water partition coefficient (Wildman–Crippen LogP) is 5.79. The number of benzene rings is 1. The highest BCUT2D eigenvalue weighted by molar-refractivity contribution is 6.44. The summed E-state index contributed by atoms with van der Waals surface area (Å²) in [7, 11) is 0. The third kappa shape index (κ3) is 3.46. The number of aromatic nitrogens is 1. The first-order valence-corrected chi connectivity index (χ1v) is 6.96. The summed E-state index contributed by atoms with van der Waals surface area (Å²) in [6.45, 7) is 0. The first kappa shape index (κ1) is 16.9. The van der Waals surface area contributed by atoms with Crippen LogP contribution in [0.25, 0.3) is 11.3 Å². The lowest BCUT2D eigenvalue weighted by Crippen LogP contribution is -2.12. The Labute approximate surface area is 139 Å². The molecule has 1 aromatic carbocycles. The van der Waals surface area contributed by atoms with Gasteiger partial charge >= 0.3 is 6.18 Å². The average molecular weight is 366 g/mol. The minimum Gasteiger partial charge on any atom is -0.243 e. The van der Waals surface area contributed by atoms with Crippen molar-refractivity contribution in [3.8, 4) is 17.3 Å². The molecule has 0 radical (unpaired) electrons. The van der Waals surface area contributed by atoms with Crippen molar-refractivity contribution >= 4 is 34.8 Å². The van der Waals surface area contributed by atoms with E-state index in [9.17, 15) is 13.2 Å². The molecular formula is C14H6Cl3F3N2. The average Bonchev–Trinajstić information content (AvgIpc) is 2.42. The van der Waals surface area contributed by atoms with Gasteiger partial charge in [0.15, 0.2) is 0 Å². The summed E-state index contributed by atoms with van der Waals surface area (Å²) in [4.78, 5) is 3.60. The normalized spacial score (nSPS) is 11.3. The number of rotatable bonds is 2. The zero-order valence-electron chi connectivity index (χ0n) is 10.7. The Balaban J connectivity index is 2.64. The lowest BCUT2D eigenvalue weighted by Gasteiger charge is -2.13. The van der Waals surface area contributed by atoms with Crippen LogP contribution in [-0.2, 0) is 12.6 Å². The molecule has 0 bridgehead atoms. The molecule has 0 N–H and O–H groups in total. The maximum absolute atomic E-state index is 13.1. The number of nitrogens with zero attached hydrogens (tertiary/aromatic N) is 2. The number of halogens is 6. The lowest BCUT2D eigenvalue weighted by molar-refractivity contribution is -0.141. The van der Waals surface area contributed by atoms with Crippen LogP contribution in [0.15, 0.2) is 24.3 Å². The Bertz CT molecular complexity index is 767. The molecular weight excluding hydrogens is 360 g/mol. The number of pyridine rings is 1. The number of hydrogen-bond donors (Lipinski definition) is 0. The molecule has 0 amide bonds. The first-order valence-electron chi connectivity index (χ1n) is 5.83. The van der Waals surface area contributed by atoms with E-state index >= 15 is 0 Å². The van der Waals surface area contributed by atoms with Crippen LogP contribution in [0, 0.1) is 11.3 Å². The van der Waals surface area contributed by atoms with Crippen molar-refractivity contribution in [3.63, 3.8) is 0 Å². The topological polar surface area (TPSA) is 36.7 Å². The van der Waals surface area contributed by atoms with Crippen molar-refractivity contribution in [1.29, 1.82) is 5.26 Å². The van der Waals surface area contributed by atoms with E-state index in [4.69, 9.17) is 40.1 Å². The van der Waals surface area contributed by atoms with Crippen molar-refractivity contribution in [1.82, 2.24) is 4.98 Å². The van der Waals surface area contributed by atoms with E-state index in [2.05, 4.69) is 4.98 Å². The van der Waals surface area contributed by atoms with Crippen LogP contribution < -0.4 is 0 Å². The van der Waals surface area contributed by atoms with Crippen LogP contribution >= 0.6 is 34.8 Å². The Morgan fingerprint density at radius 2 is 1.68 bits per heavy atom. The molecule has 114 valence electrons. The molecule has 0 aliphatic carbocycles. The highest BCUT2D eigenvalue weighted by Crippen LogP contribution is 2.37. The Hall–Kier alpha value is -1.48. The Morgan fingerprint density at radius 3 is 2.27 bits per heavy atom. The summed E-state index contributed by atoms with van der Waals surface area (Å²) in [5.74, 6) is 0. The molecule has 1 heterocycles. The van der Waals surface area contributed by atoms with Crippen molar-refractivity contribution in [2.24, 2.45) is 0 Å². The summed E-state index contributed by atoms with van der Waals surface area (Å²) in [6, 6.07) is 6.91. The van der Waals surface area contributed by atoms with Gasteiger partial charge in [-0.25, -0.2) is 4.98 Å². The minimum atomic E-state index is -4.68. The molecule has 0 spiro atoms. The third-order valence-electron chi connectivity index (χ3n) is 2.80. The maximum Gasteiger partial charge on any atom is 0.433 e. The van der Waals surface area contributed by atoms with Gasteiger partial charge in [-0.05, 0) is 23.8 Å². The summed E-state index contributed by atoms with van der Waals surface area (Å²) >= 11 is 17.6. The van der Waals surface area contributed by atoms with Gasteiger partial charge in [0.2, 0.25) is 0 Å². The van der Waals surface area contributed by atoms with E-state index in [1.54, 1.807) is 6.07 Å².